The molecule has 0 saturated heterocycles. The van der Waals surface area contributed by atoms with Gasteiger partial charge in [-0.1, -0.05) is 12.8 Å². The molecule has 2 aliphatic heterocycles. The Morgan fingerprint density at radius 1 is 0.453 bits per heavy atom. The monoisotopic (exact) mass is 908 g/mol. The van der Waals surface area contributed by atoms with E-state index in [1.165, 1.54) is 67.5 Å². The van der Waals surface area contributed by atoms with Gasteiger partial charge in [0.1, 0.15) is 47.0 Å². The van der Waals surface area contributed by atoms with Crippen molar-refractivity contribution in [3.05, 3.63) is 113 Å². The number of rotatable bonds is 2. The van der Waals surface area contributed by atoms with Crippen LogP contribution in [0.15, 0.2) is 47.5 Å². The summed E-state index contributed by atoms with van der Waals surface area (Å²) in [7, 11) is 0. The standard InChI is InChI=1S/C50H28N4O6S4/c51-19-23-11-29-30(12-24(23)20-52)40(56)33(39(29)55)15-27-17-35-43(61-27)45-37(49(59-35)7-3-1-4-8-49)47-48(63-45)38-46(64-47)44-36(60-50(38)9-5-2-6-10-50)18-28(62-44)16-34-41(57)31-13-25(21-53)26(22-54)14-32(31)42(34)58/h11-18H,1-10H2. The molecule has 2 spiro atoms. The van der Waals surface area contributed by atoms with Gasteiger partial charge in [0.25, 0.3) is 0 Å². The lowest BCUT2D eigenvalue weighted by Crippen LogP contribution is -2.37. The molecule has 2 fully saturated rings. The Hall–Kier alpha value is -6.78. The van der Waals surface area contributed by atoms with Crippen LogP contribution in [-0.2, 0) is 11.2 Å². The number of fused-ring (bicyclic) bond motifs is 13. The Balaban J connectivity index is 0.986. The molecule has 0 bridgehead atoms. The zero-order valence-electron chi connectivity index (χ0n) is 33.6. The Kier molecular flexibility index (Phi) is 8.41. The molecule has 0 radical (unpaired) electrons. The number of Topliss-reactive ketones (excluding diaryl/α,β-unsaturated/α-hetero) is 4. The number of carbonyl (C=O) groups excluding carboxylic acids is 4. The van der Waals surface area contributed by atoms with E-state index in [0.717, 1.165) is 95.2 Å². The zero-order chi connectivity index (χ0) is 43.8. The van der Waals surface area contributed by atoms with Gasteiger partial charge >= 0.3 is 0 Å². The molecule has 14 heteroatoms. The molecular weight excluding hydrogens is 881 g/mol. The van der Waals surface area contributed by atoms with Crippen molar-refractivity contribution >= 4 is 90.0 Å². The summed E-state index contributed by atoms with van der Waals surface area (Å²) in [5.74, 6) is -0.421. The van der Waals surface area contributed by atoms with Crippen LogP contribution in [0.25, 0.3) is 41.1 Å². The van der Waals surface area contributed by atoms with Gasteiger partial charge in [0.2, 0.25) is 0 Å². The van der Waals surface area contributed by atoms with E-state index in [-0.39, 0.29) is 55.7 Å². The predicted molar refractivity (Wildman–Crippen MR) is 242 cm³/mol. The maximum atomic E-state index is 13.7. The highest BCUT2D eigenvalue weighted by atomic mass is 32.1. The van der Waals surface area contributed by atoms with E-state index in [4.69, 9.17) is 9.47 Å². The average Bonchev–Trinajstić information content (AvgIpc) is 4.15. The largest absolute Gasteiger partial charge is 0.481 e. The van der Waals surface area contributed by atoms with Crippen molar-refractivity contribution in [2.75, 3.05) is 0 Å². The van der Waals surface area contributed by atoms with Crippen molar-refractivity contribution < 1.29 is 28.7 Å². The van der Waals surface area contributed by atoms with Crippen molar-refractivity contribution in [1.82, 2.24) is 0 Å². The van der Waals surface area contributed by atoms with Crippen molar-refractivity contribution in [3.63, 3.8) is 0 Å². The van der Waals surface area contributed by atoms with Gasteiger partial charge in [-0.2, -0.15) is 21.0 Å². The molecule has 0 atom stereocenters. The number of allylic oxidation sites excluding steroid dienone is 2. The van der Waals surface area contributed by atoms with Gasteiger partial charge in [-0.05, 0) is 99.9 Å². The highest BCUT2D eigenvalue weighted by Crippen LogP contribution is 2.66. The van der Waals surface area contributed by atoms with Crippen LogP contribution in [0.1, 0.15) is 149 Å². The van der Waals surface area contributed by atoms with Gasteiger partial charge < -0.3 is 9.47 Å². The molecule has 6 aliphatic rings. The number of ketones is 4. The summed E-state index contributed by atoms with van der Waals surface area (Å²) in [5.41, 5.74) is 1.95. The van der Waals surface area contributed by atoms with Gasteiger partial charge in [0.05, 0.1) is 62.3 Å². The van der Waals surface area contributed by atoms with Crippen LogP contribution in [0.3, 0.4) is 0 Å². The fourth-order valence-corrected chi connectivity index (χ4v) is 16.2. The lowest BCUT2D eigenvalue weighted by Gasteiger charge is -2.41. The molecule has 4 aliphatic carbocycles. The maximum Gasteiger partial charge on any atom is 0.197 e. The van der Waals surface area contributed by atoms with Gasteiger partial charge in [-0.15, -0.1) is 45.3 Å². The lowest BCUT2D eigenvalue weighted by molar-refractivity contribution is 0.0257. The quantitative estimate of drug-likeness (QED) is 0.120. The summed E-state index contributed by atoms with van der Waals surface area (Å²) in [6.07, 6.45) is 12.8. The minimum atomic E-state index is -0.572. The van der Waals surface area contributed by atoms with E-state index in [1.807, 2.05) is 36.4 Å². The van der Waals surface area contributed by atoms with Crippen LogP contribution in [-0.4, -0.2) is 23.1 Å². The first-order valence-corrected chi connectivity index (χ1v) is 24.2. The number of nitriles is 4. The molecule has 0 N–H and O–H groups in total. The summed E-state index contributed by atoms with van der Waals surface area (Å²) in [5, 5.41) is 38.3. The Bertz CT molecular complexity index is 3160. The molecule has 0 unspecified atom stereocenters. The summed E-state index contributed by atoms with van der Waals surface area (Å²) in [6.45, 7) is 0. The first kappa shape index (κ1) is 38.9. The van der Waals surface area contributed by atoms with Crippen molar-refractivity contribution in [2.45, 2.75) is 75.4 Å². The van der Waals surface area contributed by atoms with Crippen LogP contribution in [0.4, 0.5) is 0 Å². The van der Waals surface area contributed by atoms with E-state index < -0.39 is 34.3 Å². The first-order valence-electron chi connectivity index (χ1n) is 20.9. The molecule has 6 aromatic rings. The molecule has 6 heterocycles. The minimum Gasteiger partial charge on any atom is -0.481 e. The fourth-order valence-electron chi connectivity index (χ4n) is 10.6. The third-order valence-electron chi connectivity index (χ3n) is 13.5. The van der Waals surface area contributed by atoms with Crippen LogP contribution >= 0.6 is 45.3 Å². The normalized spacial score (nSPS) is 18.2. The van der Waals surface area contributed by atoms with Gasteiger partial charge in [0, 0.05) is 43.1 Å². The number of thiophene rings is 4. The zero-order valence-corrected chi connectivity index (χ0v) is 36.8. The van der Waals surface area contributed by atoms with E-state index >= 15 is 0 Å². The van der Waals surface area contributed by atoms with Gasteiger partial charge in [-0.3, -0.25) is 19.2 Å². The van der Waals surface area contributed by atoms with E-state index in [9.17, 15) is 40.2 Å². The number of hydrogen-bond acceptors (Lipinski definition) is 14. The maximum absolute atomic E-state index is 13.7. The highest BCUT2D eigenvalue weighted by molar-refractivity contribution is 7.34. The Morgan fingerprint density at radius 3 is 1.09 bits per heavy atom. The summed E-state index contributed by atoms with van der Waals surface area (Å²) in [4.78, 5) is 60.2. The number of carbonyl (C=O) groups is 4. The Morgan fingerprint density at radius 2 is 0.781 bits per heavy atom. The predicted octanol–water partition coefficient (Wildman–Crippen LogP) is 11.9. The first-order chi connectivity index (χ1) is 31.1. The Labute approximate surface area is 381 Å². The molecular formula is C50H28N4O6S4. The number of nitrogens with zero attached hydrogens (tertiary/aromatic N) is 4. The summed E-state index contributed by atoms with van der Waals surface area (Å²) < 4.78 is 16.7. The molecule has 2 saturated carbocycles. The average molecular weight is 909 g/mol. The lowest BCUT2D eigenvalue weighted by atomic mass is 9.76. The van der Waals surface area contributed by atoms with Crippen molar-refractivity contribution in [2.24, 2.45) is 0 Å². The van der Waals surface area contributed by atoms with Gasteiger partial charge in [-0.25, -0.2) is 0 Å². The second-order valence-corrected chi connectivity index (χ2v) is 21.2. The summed E-state index contributed by atoms with van der Waals surface area (Å²) in [6, 6.07) is 17.1. The fraction of sp³-hybridized carbons (Fsp3) is 0.240. The second kappa shape index (κ2) is 13.9. The third kappa shape index (κ3) is 5.29. The molecule has 12 rings (SSSR count). The van der Waals surface area contributed by atoms with Gasteiger partial charge in [0.15, 0.2) is 23.1 Å². The highest BCUT2D eigenvalue weighted by Gasteiger charge is 2.51. The SMILES string of the molecule is N#Cc1cc2c(cc1C#N)C(=O)C(=Cc1cc3c(s1)-c1sc4c5c(sc4c1C1(CCCCC1)O3)-c1sc(C=C3C(=O)c4cc(C#N)c(C#N)cc4C3=O)cc1OC51CCCCC1)C2=O. The van der Waals surface area contributed by atoms with E-state index in [2.05, 4.69) is 0 Å². The minimum absolute atomic E-state index is 0.00737. The van der Waals surface area contributed by atoms with Crippen LogP contribution in [0, 0.1) is 45.3 Å². The number of ether oxygens (including phenoxy) is 2. The van der Waals surface area contributed by atoms with Crippen LogP contribution < -0.4 is 9.47 Å². The number of benzene rings is 2. The van der Waals surface area contributed by atoms with E-state index in [1.54, 1.807) is 34.8 Å². The molecule has 4 aromatic heterocycles. The number of hydrogen-bond donors (Lipinski definition) is 0. The third-order valence-corrected chi connectivity index (χ3v) is 18.5. The molecule has 2 aromatic carbocycles. The molecule has 0 amide bonds. The smallest absolute Gasteiger partial charge is 0.197 e. The summed E-state index contributed by atoms with van der Waals surface area (Å²) >= 11 is 6.49. The topological polar surface area (TPSA) is 182 Å². The molecule has 64 heavy (non-hydrogen) atoms. The van der Waals surface area contributed by atoms with Crippen molar-refractivity contribution in [1.29, 1.82) is 21.0 Å². The van der Waals surface area contributed by atoms with E-state index in [0.29, 0.717) is 9.75 Å². The van der Waals surface area contributed by atoms with Crippen LogP contribution in [0.5, 0.6) is 11.5 Å². The van der Waals surface area contributed by atoms with Crippen molar-refractivity contribution in [3.8, 4) is 55.3 Å². The second-order valence-electron chi connectivity index (χ2n) is 17.0. The van der Waals surface area contributed by atoms with Crippen LogP contribution in [0.2, 0.25) is 0 Å². The molecule has 10 nitrogen and oxygen atoms in total. The molecule has 308 valence electrons.